The SMILES string of the molecule is COc1cc(/C=C2\C(=O)ON=C2c2ccccc2)cc(I)c1OCc1ccc([N+](=O)[O-])cc1. The molecule has 0 saturated heterocycles. The van der Waals surface area contributed by atoms with Gasteiger partial charge in [0.1, 0.15) is 12.3 Å². The zero-order chi connectivity index (χ0) is 23.4. The van der Waals surface area contributed by atoms with Gasteiger partial charge in [0, 0.05) is 17.7 Å². The van der Waals surface area contributed by atoms with Crippen molar-refractivity contribution in [1.29, 1.82) is 0 Å². The number of halogens is 1. The number of carbonyl (C=O) groups is 1. The molecule has 0 radical (unpaired) electrons. The van der Waals surface area contributed by atoms with Gasteiger partial charge < -0.3 is 14.3 Å². The molecule has 33 heavy (non-hydrogen) atoms. The predicted octanol–water partition coefficient (Wildman–Crippen LogP) is 5.13. The normalized spacial score (nSPS) is 14.1. The lowest BCUT2D eigenvalue weighted by Crippen LogP contribution is -2.07. The van der Waals surface area contributed by atoms with E-state index in [1.165, 1.54) is 19.2 Å². The average Bonchev–Trinajstić information content (AvgIpc) is 3.18. The Kier molecular flexibility index (Phi) is 6.68. The Balaban J connectivity index is 1.59. The van der Waals surface area contributed by atoms with Crippen LogP contribution in [-0.2, 0) is 16.2 Å². The van der Waals surface area contributed by atoms with Crippen molar-refractivity contribution in [3.05, 3.63) is 103 Å². The van der Waals surface area contributed by atoms with Gasteiger partial charge in [-0.1, -0.05) is 35.5 Å². The molecule has 166 valence electrons. The first-order valence-corrected chi connectivity index (χ1v) is 10.8. The summed E-state index contributed by atoms with van der Waals surface area (Å²) in [5, 5.41) is 14.7. The van der Waals surface area contributed by atoms with Crippen LogP contribution in [0.4, 0.5) is 5.69 Å². The van der Waals surface area contributed by atoms with Gasteiger partial charge in [-0.25, -0.2) is 4.79 Å². The Hall–Kier alpha value is -3.73. The number of methoxy groups -OCH3 is 1. The summed E-state index contributed by atoms with van der Waals surface area (Å²) in [5.74, 6) is 0.492. The minimum atomic E-state index is -0.527. The summed E-state index contributed by atoms with van der Waals surface area (Å²) in [7, 11) is 1.53. The highest BCUT2D eigenvalue weighted by atomic mass is 127. The summed E-state index contributed by atoms with van der Waals surface area (Å²) in [6.07, 6.45) is 1.70. The van der Waals surface area contributed by atoms with Crippen molar-refractivity contribution in [2.24, 2.45) is 5.16 Å². The van der Waals surface area contributed by atoms with Crippen LogP contribution in [-0.4, -0.2) is 23.7 Å². The van der Waals surface area contributed by atoms with Crippen LogP contribution >= 0.6 is 22.6 Å². The fourth-order valence-electron chi connectivity index (χ4n) is 3.21. The minimum absolute atomic E-state index is 0.0205. The van der Waals surface area contributed by atoms with Gasteiger partial charge >= 0.3 is 5.97 Å². The first kappa shape index (κ1) is 22.5. The third-order valence-corrected chi connectivity index (χ3v) is 5.64. The molecular formula is C24H17IN2O6. The smallest absolute Gasteiger partial charge is 0.368 e. The standard InChI is InChI=1S/C24H17IN2O6/c1-31-21-13-16(11-19-22(26-33-24(19)28)17-5-3-2-4-6-17)12-20(25)23(21)32-14-15-7-9-18(10-8-15)27(29)30/h2-13H,14H2,1H3/b19-11-. The summed E-state index contributed by atoms with van der Waals surface area (Å²) >= 11 is 2.13. The molecule has 0 fully saturated rings. The van der Waals surface area contributed by atoms with E-state index in [1.807, 2.05) is 36.4 Å². The van der Waals surface area contributed by atoms with Gasteiger partial charge in [0.2, 0.25) is 0 Å². The molecule has 0 atom stereocenters. The molecule has 3 aromatic carbocycles. The number of hydrogen-bond acceptors (Lipinski definition) is 7. The van der Waals surface area contributed by atoms with E-state index in [1.54, 1.807) is 24.3 Å². The highest BCUT2D eigenvalue weighted by Crippen LogP contribution is 2.36. The van der Waals surface area contributed by atoms with E-state index < -0.39 is 10.9 Å². The van der Waals surface area contributed by atoms with Crippen molar-refractivity contribution >= 4 is 46.0 Å². The second-order valence-electron chi connectivity index (χ2n) is 6.99. The molecule has 0 N–H and O–H groups in total. The largest absolute Gasteiger partial charge is 0.493 e. The zero-order valence-electron chi connectivity index (χ0n) is 17.4. The number of benzene rings is 3. The Morgan fingerprint density at radius 3 is 2.52 bits per heavy atom. The number of nitrogens with zero attached hydrogens (tertiary/aromatic N) is 2. The van der Waals surface area contributed by atoms with E-state index in [4.69, 9.17) is 14.3 Å². The summed E-state index contributed by atoms with van der Waals surface area (Å²) in [6, 6.07) is 19.1. The number of non-ortho nitro benzene ring substituents is 1. The van der Waals surface area contributed by atoms with E-state index in [-0.39, 0.29) is 12.3 Å². The van der Waals surface area contributed by atoms with Crippen LogP contribution in [0.3, 0.4) is 0 Å². The summed E-state index contributed by atoms with van der Waals surface area (Å²) in [4.78, 5) is 27.6. The maximum absolute atomic E-state index is 12.3. The predicted molar refractivity (Wildman–Crippen MR) is 130 cm³/mol. The van der Waals surface area contributed by atoms with Gasteiger partial charge in [0.25, 0.3) is 5.69 Å². The van der Waals surface area contributed by atoms with Crippen molar-refractivity contribution in [2.75, 3.05) is 7.11 Å². The second-order valence-corrected chi connectivity index (χ2v) is 8.15. The number of rotatable bonds is 7. The molecular weight excluding hydrogens is 539 g/mol. The highest BCUT2D eigenvalue weighted by molar-refractivity contribution is 14.1. The van der Waals surface area contributed by atoms with E-state index in [0.717, 1.165) is 20.3 Å². The van der Waals surface area contributed by atoms with Gasteiger partial charge in [-0.2, -0.15) is 0 Å². The van der Waals surface area contributed by atoms with E-state index in [0.29, 0.717) is 22.8 Å². The van der Waals surface area contributed by atoms with Crippen molar-refractivity contribution in [3.8, 4) is 11.5 Å². The average molecular weight is 556 g/mol. The second kappa shape index (κ2) is 9.82. The number of nitro benzene ring substituents is 1. The molecule has 9 heteroatoms. The number of oxime groups is 1. The van der Waals surface area contributed by atoms with Crippen molar-refractivity contribution in [2.45, 2.75) is 6.61 Å². The van der Waals surface area contributed by atoms with Crippen LogP contribution < -0.4 is 9.47 Å². The molecule has 0 spiro atoms. The molecule has 0 unspecified atom stereocenters. The van der Waals surface area contributed by atoms with Crippen LogP contribution in [0.25, 0.3) is 6.08 Å². The van der Waals surface area contributed by atoms with Gasteiger partial charge in [-0.05, 0) is 64.1 Å². The van der Waals surface area contributed by atoms with Crippen molar-refractivity contribution < 1.29 is 24.0 Å². The molecule has 3 aromatic rings. The Morgan fingerprint density at radius 2 is 1.85 bits per heavy atom. The summed E-state index contributed by atoms with van der Waals surface area (Å²) in [6.45, 7) is 0.210. The molecule has 0 amide bonds. The van der Waals surface area contributed by atoms with Crippen LogP contribution in [0.5, 0.6) is 11.5 Å². The fraction of sp³-hybridized carbons (Fsp3) is 0.0833. The van der Waals surface area contributed by atoms with Crippen LogP contribution in [0.15, 0.2) is 77.5 Å². The van der Waals surface area contributed by atoms with E-state index in [2.05, 4.69) is 27.7 Å². The Morgan fingerprint density at radius 1 is 1.12 bits per heavy atom. The van der Waals surface area contributed by atoms with Gasteiger partial charge in [0.05, 0.1) is 21.2 Å². The highest BCUT2D eigenvalue weighted by Gasteiger charge is 2.27. The van der Waals surface area contributed by atoms with Crippen molar-refractivity contribution in [1.82, 2.24) is 0 Å². The molecule has 0 saturated carbocycles. The first-order chi connectivity index (χ1) is 16.0. The van der Waals surface area contributed by atoms with Crippen LogP contribution in [0.2, 0.25) is 0 Å². The number of nitro groups is 1. The van der Waals surface area contributed by atoms with E-state index in [9.17, 15) is 14.9 Å². The molecule has 0 aromatic heterocycles. The first-order valence-electron chi connectivity index (χ1n) is 9.76. The molecule has 0 bridgehead atoms. The summed E-state index contributed by atoms with van der Waals surface area (Å²) < 4.78 is 12.2. The van der Waals surface area contributed by atoms with Crippen LogP contribution in [0.1, 0.15) is 16.7 Å². The molecule has 8 nitrogen and oxygen atoms in total. The lowest BCUT2D eigenvalue weighted by Gasteiger charge is -2.14. The molecule has 1 aliphatic heterocycles. The zero-order valence-corrected chi connectivity index (χ0v) is 19.5. The molecule has 1 aliphatic rings. The van der Waals surface area contributed by atoms with E-state index >= 15 is 0 Å². The van der Waals surface area contributed by atoms with Crippen LogP contribution in [0, 0.1) is 13.7 Å². The monoisotopic (exact) mass is 556 g/mol. The lowest BCUT2D eigenvalue weighted by molar-refractivity contribution is -0.384. The topological polar surface area (TPSA) is 100 Å². The fourth-order valence-corrected chi connectivity index (χ4v) is 3.99. The maximum Gasteiger partial charge on any atom is 0.368 e. The third kappa shape index (κ3) is 5.03. The van der Waals surface area contributed by atoms with Gasteiger partial charge in [0.15, 0.2) is 11.5 Å². The Bertz CT molecular complexity index is 1270. The molecule has 1 heterocycles. The van der Waals surface area contributed by atoms with Gasteiger partial charge in [-0.15, -0.1) is 0 Å². The Labute approximate surface area is 202 Å². The van der Waals surface area contributed by atoms with Gasteiger partial charge in [-0.3, -0.25) is 10.1 Å². The number of ether oxygens (including phenoxy) is 2. The molecule has 4 rings (SSSR count). The minimum Gasteiger partial charge on any atom is -0.493 e. The number of carbonyl (C=O) groups excluding carboxylic acids is 1. The molecule has 0 aliphatic carbocycles. The third-order valence-electron chi connectivity index (χ3n) is 4.84. The van der Waals surface area contributed by atoms with Crippen molar-refractivity contribution in [3.63, 3.8) is 0 Å². The lowest BCUT2D eigenvalue weighted by atomic mass is 10.0. The number of hydrogen-bond donors (Lipinski definition) is 0. The quantitative estimate of drug-likeness (QED) is 0.132. The maximum atomic E-state index is 12.3. The summed E-state index contributed by atoms with van der Waals surface area (Å²) in [5.41, 5.74) is 3.11.